The molecule has 96 valence electrons. The summed E-state index contributed by atoms with van der Waals surface area (Å²) in [5.74, 6) is 2.75. The van der Waals surface area contributed by atoms with Crippen LogP contribution in [0.4, 0.5) is 11.6 Å². The Hall–Kier alpha value is -1.32. The van der Waals surface area contributed by atoms with Crippen molar-refractivity contribution in [1.82, 2.24) is 9.97 Å². The van der Waals surface area contributed by atoms with E-state index in [-0.39, 0.29) is 0 Å². The molecule has 0 aliphatic heterocycles. The molecule has 17 heavy (non-hydrogen) atoms. The van der Waals surface area contributed by atoms with E-state index in [1.807, 2.05) is 13.0 Å². The number of nitrogens with one attached hydrogen (secondary N) is 1. The van der Waals surface area contributed by atoms with Gasteiger partial charge in [-0.2, -0.15) is 0 Å². The molecule has 0 fully saturated rings. The van der Waals surface area contributed by atoms with Gasteiger partial charge in [-0.3, -0.25) is 0 Å². The van der Waals surface area contributed by atoms with Gasteiger partial charge < -0.3 is 10.2 Å². The molecule has 0 amide bonds. The third-order valence-corrected chi connectivity index (χ3v) is 2.56. The molecule has 1 rings (SSSR count). The second-order valence-corrected chi connectivity index (χ2v) is 4.48. The molecular formula is C13H24N4. The molecule has 0 saturated carbocycles. The van der Waals surface area contributed by atoms with E-state index in [9.17, 15) is 0 Å². The maximum absolute atomic E-state index is 4.53. The lowest BCUT2D eigenvalue weighted by atomic mass is 10.3. The summed E-state index contributed by atoms with van der Waals surface area (Å²) in [7, 11) is 0. The van der Waals surface area contributed by atoms with Crippen molar-refractivity contribution in [3.8, 4) is 0 Å². The summed E-state index contributed by atoms with van der Waals surface area (Å²) in [6.45, 7) is 12.5. The Balaban J connectivity index is 3.00. The first-order valence-electron chi connectivity index (χ1n) is 6.44. The van der Waals surface area contributed by atoms with Crippen LogP contribution >= 0.6 is 0 Å². The molecule has 0 aliphatic rings. The lowest BCUT2D eigenvalue weighted by Gasteiger charge is -2.27. The van der Waals surface area contributed by atoms with Gasteiger partial charge in [0, 0.05) is 25.2 Å². The Labute approximate surface area is 104 Å². The molecule has 4 heteroatoms. The molecule has 1 aromatic rings. The van der Waals surface area contributed by atoms with Crippen molar-refractivity contribution in [3.05, 3.63) is 11.9 Å². The van der Waals surface area contributed by atoms with E-state index in [0.717, 1.165) is 37.0 Å². The minimum Gasteiger partial charge on any atom is -0.370 e. The summed E-state index contributed by atoms with van der Waals surface area (Å²) in [6.07, 6.45) is 1.12. The van der Waals surface area contributed by atoms with Gasteiger partial charge in [-0.15, -0.1) is 0 Å². The number of aromatic nitrogens is 2. The number of aryl methyl sites for hydroxylation is 1. The highest BCUT2D eigenvalue weighted by Crippen LogP contribution is 2.18. The molecule has 1 N–H and O–H groups in total. The average Bonchev–Trinajstić information content (AvgIpc) is 2.25. The summed E-state index contributed by atoms with van der Waals surface area (Å²) in [4.78, 5) is 11.2. The Morgan fingerprint density at radius 1 is 1.29 bits per heavy atom. The minimum atomic E-state index is 0.457. The normalized spacial score (nSPS) is 10.7. The average molecular weight is 236 g/mol. The van der Waals surface area contributed by atoms with Crippen molar-refractivity contribution in [2.45, 2.75) is 47.1 Å². The summed E-state index contributed by atoms with van der Waals surface area (Å²) < 4.78 is 0. The van der Waals surface area contributed by atoms with Crippen LogP contribution in [-0.4, -0.2) is 29.1 Å². The molecule has 0 bridgehead atoms. The zero-order valence-corrected chi connectivity index (χ0v) is 11.6. The van der Waals surface area contributed by atoms with Gasteiger partial charge in [-0.25, -0.2) is 9.97 Å². The van der Waals surface area contributed by atoms with Crippen LogP contribution in [0.5, 0.6) is 0 Å². The molecule has 4 nitrogen and oxygen atoms in total. The smallest absolute Gasteiger partial charge is 0.134 e. The van der Waals surface area contributed by atoms with Crippen LogP contribution in [0.2, 0.25) is 0 Å². The number of rotatable bonds is 6. The number of hydrogen-bond acceptors (Lipinski definition) is 4. The first-order chi connectivity index (χ1) is 8.08. The number of hydrogen-bond donors (Lipinski definition) is 1. The summed E-state index contributed by atoms with van der Waals surface area (Å²) >= 11 is 0. The standard InChI is InChI=1S/C13H24N4/c1-6-8-17(10(3)4)13-9-12(14-7-2)15-11(5)16-13/h9-10H,6-8H2,1-5H3,(H,14,15,16). The fourth-order valence-corrected chi connectivity index (χ4v) is 1.85. The van der Waals surface area contributed by atoms with E-state index in [1.54, 1.807) is 0 Å². The van der Waals surface area contributed by atoms with Gasteiger partial charge in [0.05, 0.1) is 0 Å². The monoisotopic (exact) mass is 236 g/mol. The molecular weight excluding hydrogens is 212 g/mol. The van der Waals surface area contributed by atoms with Gasteiger partial charge in [-0.05, 0) is 34.1 Å². The van der Waals surface area contributed by atoms with E-state index < -0.39 is 0 Å². The summed E-state index contributed by atoms with van der Waals surface area (Å²) in [6, 6.07) is 2.49. The molecule has 1 heterocycles. The highest BCUT2D eigenvalue weighted by atomic mass is 15.2. The zero-order valence-electron chi connectivity index (χ0n) is 11.6. The lowest BCUT2D eigenvalue weighted by Crippen LogP contribution is -2.32. The zero-order chi connectivity index (χ0) is 12.8. The molecule has 0 aromatic carbocycles. The van der Waals surface area contributed by atoms with Gasteiger partial charge >= 0.3 is 0 Å². The van der Waals surface area contributed by atoms with Crippen molar-refractivity contribution < 1.29 is 0 Å². The van der Waals surface area contributed by atoms with Crippen LogP contribution in [0.25, 0.3) is 0 Å². The second kappa shape index (κ2) is 6.42. The lowest BCUT2D eigenvalue weighted by molar-refractivity contribution is 0.659. The Morgan fingerprint density at radius 3 is 2.53 bits per heavy atom. The Kier molecular flexibility index (Phi) is 5.19. The van der Waals surface area contributed by atoms with E-state index >= 15 is 0 Å². The Morgan fingerprint density at radius 2 is 2.00 bits per heavy atom. The van der Waals surface area contributed by atoms with Gasteiger partial charge in [-0.1, -0.05) is 6.92 Å². The van der Waals surface area contributed by atoms with Crippen LogP contribution in [0.15, 0.2) is 6.07 Å². The molecule has 0 radical (unpaired) electrons. The van der Waals surface area contributed by atoms with Crippen molar-refractivity contribution in [2.75, 3.05) is 23.3 Å². The molecule has 0 spiro atoms. The summed E-state index contributed by atoms with van der Waals surface area (Å²) in [5.41, 5.74) is 0. The van der Waals surface area contributed by atoms with Gasteiger partial charge in [0.25, 0.3) is 0 Å². The fraction of sp³-hybridized carbons (Fsp3) is 0.692. The number of anilines is 2. The van der Waals surface area contributed by atoms with Crippen LogP contribution < -0.4 is 10.2 Å². The van der Waals surface area contributed by atoms with Gasteiger partial charge in [0.1, 0.15) is 17.5 Å². The minimum absolute atomic E-state index is 0.457. The first kappa shape index (κ1) is 13.7. The predicted molar refractivity (Wildman–Crippen MR) is 73.7 cm³/mol. The first-order valence-corrected chi connectivity index (χ1v) is 6.44. The van der Waals surface area contributed by atoms with E-state index in [1.165, 1.54) is 0 Å². The van der Waals surface area contributed by atoms with Crippen LogP contribution in [0.1, 0.15) is 39.9 Å². The van der Waals surface area contributed by atoms with E-state index in [0.29, 0.717) is 6.04 Å². The van der Waals surface area contributed by atoms with Crippen LogP contribution in [-0.2, 0) is 0 Å². The SMILES string of the molecule is CCCN(c1cc(NCC)nc(C)n1)C(C)C. The van der Waals surface area contributed by atoms with Crippen molar-refractivity contribution in [1.29, 1.82) is 0 Å². The molecule has 0 unspecified atom stereocenters. The fourth-order valence-electron chi connectivity index (χ4n) is 1.85. The van der Waals surface area contributed by atoms with Crippen molar-refractivity contribution in [3.63, 3.8) is 0 Å². The predicted octanol–water partition coefficient (Wildman–Crippen LogP) is 2.84. The third kappa shape index (κ3) is 3.88. The molecule has 0 saturated heterocycles. The van der Waals surface area contributed by atoms with Crippen molar-refractivity contribution >= 4 is 11.6 Å². The highest BCUT2D eigenvalue weighted by molar-refractivity contribution is 5.49. The molecule has 0 atom stereocenters. The third-order valence-electron chi connectivity index (χ3n) is 2.56. The van der Waals surface area contributed by atoms with Gasteiger partial charge in [0.2, 0.25) is 0 Å². The maximum atomic E-state index is 4.53. The largest absolute Gasteiger partial charge is 0.370 e. The maximum Gasteiger partial charge on any atom is 0.134 e. The number of nitrogens with zero attached hydrogens (tertiary/aromatic N) is 3. The molecule has 0 aliphatic carbocycles. The van der Waals surface area contributed by atoms with E-state index in [4.69, 9.17) is 0 Å². The molecule has 1 aromatic heterocycles. The van der Waals surface area contributed by atoms with E-state index in [2.05, 4.69) is 47.9 Å². The second-order valence-electron chi connectivity index (χ2n) is 4.48. The van der Waals surface area contributed by atoms with Crippen molar-refractivity contribution in [2.24, 2.45) is 0 Å². The quantitative estimate of drug-likeness (QED) is 0.824. The van der Waals surface area contributed by atoms with Crippen LogP contribution in [0, 0.1) is 6.92 Å². The highest BCUT2D eigenvalue weighted by Gasteiger charge is 2.12. The Bertz CT molecular complexity index is 349. The van der Waals surface area contributed by atoms with Crippen LogP contribution in [0.3, 0.4) is 0 Å². The topological polar surface area (TPSA) is 41.0 Å². The van der Waals surface area contributed by atoms with Gasteiger partial charge in [0.15, 0.2) is 0 Å². The summed E-state index contributed by atoms with van der Waals surface area (Å²) in [5, 5.41) is 3.25.